The van der Waals surface area contributed by atoms with Crippen LogP contribution in [0, 0.1) is 0 Å². The van der Waals surface area contributed by atoms with E-state index in [1.807, 2.05) is 30.3 Å². The Hall–Kier alpha value is -2.34. The largest absolute Gasteiger partial charge is 0.298 e. The molecule has 6 heteroatoms. The summed E-state index contributed by atoms with van der Waals surface area (Å²) in [5.41, 5.74) is 7.27. The van der Waals surface area contributed by atoms with Crippen LogP contribution >= 0.6 is 0 Å². The second-order valence-electron chi connectivity index (χ2n) is 4.71. The van der Waals surface area contributed by atoms with Crippen LogP contribution in [0.5, 0.6) is 0 Å². The maximum atomic E-state index is 11.9. The summed E-state index contributed by atoms with van der Waals surface area (Å²) in [7, 11) is -3.07. The molecule has 2 N–H and O–H groups in total. The number of hydrazine groups is 1. The van der Waals surface area contributed by atoms with Crippen LogP contribution in [0.25, 0.3) is 0 Å². The first-order valence-corrected chi connectivity index (χ1v) is 8.38. The summed E-state index contributed by atoms with van der Waals surface area (Å²) >= 11 is 0. The van der Waals surface area contributed by atoms with Crippen molar-refractivity contribution in [3.05, 3.63) is 65.7 Å². The number of nitrogens with one attached hydrogen (secondary N) is 2. The highest BCUT2D eigenvalue weighted by atomic mass is 32.2. The van der Waals surface area contributed by atoms with Gasteiger partial charge in [0, 0.05) is 11.8 Å². The first-order chi connectivity index (χ1) is 9.94. The molecule has 110 valence electrons. The highest BCUT2D eigenvalue weighted by Gasteiger charge is 2.07. The lowest BCUT2D eigenvalue weighted by Crippen LogP contribution is -2.29. The zero-order chi connectivity index (χ0) is 15.3. The fraction of sp³-hybridized carbons (Fsp3) is 0.133. The van der Waals surface area contributed by atoms with Crippen molar-refractivity contribution in [1.82, 2.24) is 5.43 Å². The molecule has 0 saturated carbocycles. The van der Waals surface area contributed by atoms with Crippen LogP contribution in [0.1, 0.15) is 15.9 Å². The van der Waals surface area contributed by atoms with E-state index in [0.29, 0.717) is 11.1 Å². The fourth-order valence-corrected chi connectivity index (χ4v) is 2.58. The molecule has 0 aromatic heterocycles. The second-order valence-corrected chi connectivity index (χ2v) is 6.85. The standard InChI is InChI=1S/C15H16N2O3S/c1-21(19,20)11-12-7-9-13(10-8-12)15(18)17-16-14-5-3-2-4-6-14/h2-10,16H,11H2,1H3,(H,17,18). The summed E-state index contributed by atoms with van der Waals surface area (Å²) in [6, 6.07) is 15.7. The molecule has 0 aliphatic heterocycles. The summed E-state index contributed by atoms with van der Waals surface area (Å²) < 4.78 is 22.4. The molecule has 2 aromatic carbocycles. The van der Waals surface area contributed by atoms with Crippen LogP contribution < -0.4 is 10.9 Å². The van der Waals surface area contributed by atoms with Gasteiger partial charge in [-0.2, -0.15) is 0 Å². The first-order valence-electron chi connectivity index (χ1n) is 6.32. The third-order valence-electron chi connectivity index (χ3n) is 2.74. The molecule has 0 aliphatic rings. The van der Waals surface area contributed by atoms with Crippen molar-refractivity contribution in [2.24, 2.45) is 0 Å². The lowest BCUT2D eigenvalue weighted by Gasteiger charge is -2.08. The zero-order valence-corrected chi connectivity index (χ0v) is 12.4. The topological polar surface area (TPSA) is 75.3 Å². The Labute approximate surface area is 123 Å². The molecule has 0 heterocycles. The highest BCUT2D eigenvalue weighted by Crippen LogP contribution is 2.08. The van der Waals surface area contributed by atoms with Gasteiger partial charge >= 0.3 is 0 Å². The molecule has 0 fully saturated rings. The van der Waals surface area contributed by atoms with E-state index in [9.17, 15) is 13.2 Å². The molecule has 1 amide bonds. The van der Waals surface area contributed by atoms with E-state index in [-0.39, 0.29) is 11.7 Å². The Morgan fingerprint density at radius 3 is 2.19 bits per heavy atom. The number of carbonyl (C=O) groups is 1. The minimum Gasteiger partial charge on any atom is -0.298 e. The van der Waals surface area contributed by atoms with Gasteiger partial charge in [-0.05, 0) is 29.8 Å². The molecular formula is C15H16N2O3S. The molecule has 21 heavy (non-hydrogen) atoms. The molecule has 0 spiro atoms. The van der Waals surface area contributed by atoms with Gasteiger partial charge in [0.05, 0.1) is 11.4 Å². The van der Waals surface area contributed by atoms with Crippen molar-refractivity contribution in [2.75, 3.05) is 11.7 Å². The molecule has 0 aliphatic carbocycles. The Morgan fingerprint density at radius 2 is 1.62 bits per heavy atom. The predicted octanol–water partition coefficient (Wildman–Crippen LogP) is 1.99. The normalized spacial score (nSPS) is 10.9. The number of amides is 1. The van der Waals surface area contributed by atoms with Crippen molar-refractivity contribution >= 4 is 21.4 Å². The Morgan fingerprint density at radius 1 is 1.00 bits per heavy atom. The number of para-hydroxylation sites is 1. The molecule has 0 unspecified atom stereocenters. The van der Waals surface area contributed by atoms with E-state index in [2.05, 4.69) is 10.9 Å². The van der Waals surface area contributed by atoms with E-state index in [1.165, 1.54) is 6.26 Å². The summed E-state index contributed by atoms with van der Waals surface area (Å²) in [5, 5.41) is 0. The Kier molecular flexibility index (Phi) is 4.59. The molecule has 0 bridgehead atoms. The SMILES string of the molecule is CS(=O)(=O)Cc1ccc(C(=O)NNc2ccccc2)cc1. The van der Waals surface area contributed by atoms with E-state index in [4.69, 9.17) is 0 Å². The van der Waals surface area contributed by atoms with Crippen molar-refractivity contribution in [2.45, 2.75) is 5.75 Å². The van der Waals surface area contributed by atoms with Crippen LogP contribution in [-0.2, 0) is 15.6 Å². The maximum Gasteiger partial charge on any atom is 0.269 e. The Bertz CT molecular complexity index is 710. The van der Waals surface area contributed by atoms with Crippen LogP contribution in [0.3, 0.4) is 0 Å². The lowest BCUT2D eigenvalue weighted by atomic mass is 10.1. The smallest absolute Gasteiger partial charge is 0.269 e. The number of benzene rings is 2. The monoisotopic (exact) mass is 304 g/mol. The van der Waals surface area contributed by atoms with Gasteiger partial charge in [-0.25, -0.2) is 8.42 Å². The van der Waals surface area contributed by atoms with Crippen molar-refractivity contribution in [1.29, 1.82) is 0 Å². The molecule has 5 nitrogen and oxygen atoms in total. The van der Waals surface area contributed by atoms with Gasteiger partial charge in [0.25, 0.3) is 5.91 Å². The number of hydrogen-bond acceptors (Lipinski definition) is 4. The third kappa shape index (κ3) is 4.92. The third-order valence-corrected chi connectivity index (χ3v) is 3.60. The quantitative estimate of drug-likeness (QED) is 0.828. The predicted molar refractivity (Wildman–Crippen MR) is 82.5 cm³/mol. The molecule has 2 aromatic rings. The van der Waals surface area contributed by atoms with E-state index < -0.39 is 9.84 Å². The molecule has 2 rings (SSSR count). The summed E-state index contributed by atoms with van der Waals surface area (Å²) in [4.78, 5) is 11.9. The number of carbonyl (C=O) groups excluding carboxylic acids is 1. The van der Waals surface area contributed by atoms with Crippen LogP contribution in [0.2, 0.25) is 0 Å². The molecular weight excluding hydrogens is 288 g/mol. The van der Waals surface area contributed by atoms with Crippen molar-refractivity contribution < 1.29 is 13.2 Å². The molecule has 0 saturated heterocycles. The minimum absolute atomic E-state index is 0.0306. The average Bonchev–Trinajstić information content (AvgIpc) is 2.45. The van der Waals surface area contributed by atoms with Crippen LogP contribution in [0.15, 0.2) is 54.6 Å². The van der Waals surface area contributed by atoms with Gasteiger partial charge in [-0.1, -0.05) is 30.3 Å². The number of hydrogen-bond donors (Lipinski definition) is 2. The van der Waals surface area contributed by atoms with Crippen molar-refractivity contribution in [3.63, 3.8) is 0 Å². The van der Waals surface area contributed by atoms with E-state index in [1.54, 1.807) is 24.3 Å². The number of sulfone groups is 1. The summed E-state index contributed by atoms with van der Waals surface area (Å²) in [5.74, 6) is -0.318. The first kappa shape index (κ1) is 15.1. The zero-order valence-electron chi connectivity index (χ0n) is 11.5. The maximum absolute atomic E-state index is 11.9. The van der Waals surface area contributed by atoms with Crippen LogP contribution in [-0.4, -0.2) is 20.6 Å². The van der Waals surface area contributed by atoms with Gasteiger partial charge in [0.2, 0.25) is 0 Å². The van der Waals surface area contributed by atoms with Crippen molar-refractivity contribution in [3.8, 4) is 0 Å². The van der Waals surface area contributed by atoms with E-state index in [0.717, 1.165) is 5.69 Å². The Balaban J connectivity index is 1.97. The number of anilines is 1. The van der Waals surface area contributed by atoms with Gasteiger partial charge in [-0.3, -0.25) is 15.6 Å². The second kappa shape index (κ2) is 6.41. The van der Waals surface area contributed by atoms with Gasteiger partial charge in [-0.15, -0.1) is 0 Å². The highest BCUT2D eigenvalue weighted by molar-refractivity contribution is 7.89. The average molecular weight is 304 g/mol. The summed E-state index contributed by atoms with van der Waals surface area (Å²) in [6.07, 6.45) is 1.18. The minimum atomic E-state index is -3.07. The lowest BCUT2D eigenvalue weighted by molar-refractivity contribution is 0.0962. The summed E-state index contributed by atoms with van der Waals surface area (Å²) in [6.45, 7) is 0. The molecule has 0 atom stereocenters. The van der Waals surface area contributed by atoms with Gasteiger partial charge in [0.15, 0.2) is 9.84 Å². The number of rotatable bonds is 5. The fourth-order valence-electron chi connectivity index (χ4n) is 1.78. The van der Waals surface area contributed by atoms with E-state index >= 15 is 0 Å². The van der Waals surface area contributed by atoms with Gasteiger partial charge < -0.3 is 0 Å². The molecule has 0 radical (unpaired) electrons. The van der Waals surface area contributed by atoms with Crippen LogP contribution in [0.4, 0.5) is 5.69 Å². The van der Waals surface area contributed by atoms with Gasteiger partial charge in [0.1, 0.15) is 0 Å².